The summed E-state index contributed by atoms with van der Waals surface area (Å²) in [6.45, 7) is 7.12. The second-order valence-corrected chi connectivity index (χ2v) is 5.87. The standard InChI is InChI=1S/C13H20N2OS/c1-4-15-12(11-6-5-7-17-11)14-10(13(15)16)8-9(2)3/h5-7,9-10,12,14H,4,8H2,1-3H3. The Labute approximate surface area is 107 Å². The van der Waals surface area contributed by atoms with Crippen molar-refractivity contribution in [2.24, 2.45) is 5.92 Å². The fourth-order valence-corrected chi connectivity index (χ4v) is 3.14. The summed E-state index contributed by atoms with van der Waals surface area (Å²) in [4.78, 5) is 15.4. The fraction of sp³-hybridized carbons (Fsp3) is 0.615. The van der Waals surface area contributed by atoms with Gasteiger partial charge in [-0.15, -0.1) is 11.3 Å². The Balaban J connectivity index is 2.15. The van der Waals surface area contributed by atoms with Crippen molar-refractivity contribution >= 4 is 17.2 Å². The summed E-state index contributed by atoms with van der Waals surface area (Å²) in [5, 5.41) is 5.52. The number of nitrogens with zero attached hydrogens (tertiary/aromatic N) is 1. The molecule has 2 atom stereocenters. The second-order valence-electron chi connectivity index (χ2n) is 4.89. The van der Waals surface area contributed by atoms with Crippen LogP contribution in [0.15, 0.2) is 17.5 Å². The van der Waals surface area contributed by atoms with Crippen molar-refractivity contribution in [1.82, 2.24) is 10.2 Å². The van der Waals surface area contributed by atoms with Gasteiger partial charge in [0, 0.05) is 11.4 Å². The van der Waals surface area contributed by atoms with E-state index in [4.69, 9.17) is 0 Å². The van der Waals surface area contributed by atoms with E-state index in [0.29, 0.717) is 5.92 Å². The molecule has 1 amide bonds. The van der Waals surface area contributed by atoms with Crippen LogP contribution in [0.4, 0.5) is 0 Å². The van der Waals surface area contributed by atoms with Crippen molar-refractivity contribution in [3.05, 3.63) is 22.4 Å². The largest absolute Gasteiger partial charge is 0.321 e. The predicted octanol–water partition coefficient (Wildman–Crippen LogP) is 2.61. The number of hydrogen-bond acceptors (Lipinski definition) is 3. The summed E-state index contributed by atoms with van der Waals surface area (Å²) in [6.07, 6.45) is 0.994. The molecule has 0 aromatic carbocycles. The zero-order valence-corrected chi connectivity index (χ0v) is 11.5. The molecular weight excluding hydrogens is 232 g/mol. The molecule has 94 valence electrons. The van der Waals surface area contributed by atoms with E-state index in [2.05, 4.69) is 30.6 Å². The molecule has 0 radical (unpaired) electrons. The average Bonchev–Trinajstić information content (AvgIpc) is 2.87. The van der Waals surface area contributed by atoms with Gasteiger partial charge >= 0.3 is 0 Å². The lowest BCUT2D eigenvalue weighted by molar-refractivity contribution is -0.130. The van der Waals surface area contributed by atoms with E-state index < -0.39 is 0 Å². The van der Waals surface area contributed by atoms with Crippen LogP contribution >= 0.6 is 11.3 Å². The summed E-state index contributed by atoms with van der Waals surface area (Å²) in [6, 6.07) is 4.12. The topological polar surface area (TPSA) is 32.3 Å². The minimum Gasteiger partial charge on any atom is -0.321 e. The van der Waals surface area contributed by atoms with Crippen molar-refractivity contribution in [3.63, 3.8) is 0 Å². The lowest BCUT2D eigenvalue weighted by atomic mass is 10.0. The van der Waals surface area contributed by atoms with Crippen molar-refractivity contribution in [3.8, 4) is 0 Å². The van der Waals surface area contributed by atoms with Crippen LogP contribution in [0.5, 0.6) is 0 Å². The minimum atomic E-state index is -0.0120. The lowest BCUT2D eigenvalue weighted by Gasteiger charge is -2.21. The first kappa shape index (κ1) is 12.6. The molecule has 3 nitrogen and oxygen atoms in total. The number of carbonyl (C=O) groups excluding carboxylic acids is 1. The Bertz CT molecular complexity index is 375. The molecule has 0 spiro atoms. The van der Waals surface area contributed by atoms with Crippen molar-refractivity contribution in [2.45, 2.75) is 39.4 Å². The lowest BCUT2D eigenvalue weighted by Crippen LogP contribution is -2.31. The molecule has 0 saturated carbocycles. The summed E-state index contributed by atoms with van der Waals surface area (Å²) >= 11 is 1.71. The SMILES string of the molecule is CCN1C(=O)C(CC(C)C)NC1c1cccs1. The van der Waals surface area contributed by atoms with Crippen LogP contribution in [0.25, 0.3) is 0 Å². The van der Waals surface area contributed by atoms with Crippen LogP contribution in [0.2, 0.25) is 0 Å². The zero-order chi connectivity index (χ0) is 12.4. The van der Waals surface area contributed by atoms with Gasteiger partial charge in [0.2, 0.25) is 5.91 Å². The molecule has 1 aliphatic heterocycles. The van der Waals surface area contributed by atoms with Crippen LogP contribution < -0.4 is 5.32 Å². The molecule has 17 heavy (non-hydrogen) atoms. The molecule has 2 heterocycles. The highest BCUT2D eigenvalue weighted by Gasteiger charge is 2.38. The van der Waals surface area contributed by atoms with Gasteiger partial charge in [-0.1, -0.05) is 19.9 Å². The van der Waals surface area contributed by atoms with Crippen molar-refractivity contribution in [2.75, 3.05) is 6.54 Å². The van der Waals surface area contributed by atoms with Crippen LogP contribution in [0.1, 0.15) is 38.2 Å². The van der Waals surface area contributed by atoms with Crippen LogP contribution in [-0.2, 0) is 4.79 Å². The van der Waals surface area contributed by atoms with Gasteiger partial charge in [0.25, 0.3) is 0 Å². The molecular formula is C13H20N2OS. The third-order valence-electron chi connectivity index (χ3n) is 3.11. The van der Waals surface area contributed by atoms with Gasteiger partial charge in [-0.25, -0.2) is 0 Å². The van der Waals surface area contributed by atoms with E-state index >= 15 is 0 Å². The van der Waals surface area contributed by atoms with E-state index in [-0.39, 0.29) is 18.1 Å². The third-order valence-corrected chi connectivity index (χ3v) is 4.04. The van der Waals surface area contributed by atoms with Gasteiger partial charge < -0.3 is 4.90 Å². The Morgan fingerprint density at radius 1 is 1.53 bits per heavy atom. The summed E-state index contributed by atoms with van der Waals surface area (Å²) in [7, 11) is 0. The molecule has 1 N–H and O–H groups in total. The Morgan fingerprint density at radius 3 is 2.82 bits per heavy atom. The fourth-order valence-electron chi connectivity index (χ4n) is 2.34. The van der Waals surface area contributed by atoms with E-state index in [1.165, 1.54) is 4.88 Å². The number of amides is 1. The molecule has 1 fully saturated rings. The van der Waals surface area contributed by atoms with Crippen LogP contribution in [0, 0.1) is 5.92 Å². The number of thiophene rings is 1. The van der Waals surface area contributed by atoms with Gasteiger partial charge in [0.1, 0.15) is 6.17 Å². The molecule has 0 aliphatic carbocycles. The van der Waals surface area contributed by atoms with Gasteiger partial charge in [-0.3, -0.25) is 10.1 Å². The number of carbonyl (C=O) groups is 1. The molecule has 2 unspecified atom stereocenters. The molecule has 0 bridgehead atoms. The van der Waals surface area contributed by atoms with E-state index in [0.717, 1.165) is 13.0 Å². The number of rotatable bonds is 4. The first-order valence-electron chi connectivity index (χ1n) is 6.23. The van der Waals surface area contributed by atoms with Gasteiger partial charge in [-0.2, -0.15) is 0 Å². The smallest absolute Gasteiger partial charge is 0.241 e. The van der Waals surface area contributed by atoms with E-state index in [9.17, 15) is 4.79 Å². The zero-order valence-electron chi connectivity index (χ0n) is 10.6. The second kappa shape index (κ2) is 5.19. The quantitative estimate of drug-likeness (QED) is 0.893. The molecule has 2 rings (SSSR count). The van der Waals surface area contributed by atoms with Gasteiger partial charge in [-0.05, 0) is 30.7 Å². The maximum atomic E-state index is 12.2. The third kappa shape index (κ3) is 2.53. The predicted molar refractivity (Wildman–Crippen MR) is 70.8 cm³/mol. The normalized spacial score (nSPS) is 24.9. The molecule has 4 heteroatoms. The minimum absolute atomic E-state index is 0.0120. The highest BCUT2D eigenvalue weighted by atomic mass is 32.1. The maximum absolute atomic E-state index is 12.2. The Kier molecular flexibility index (Phi) is 3.84. The Hall–Kier alpha value is -0.870. The first-order chi connectivity index (χ1) is 8.13. The van der Waals surface area contributed by atoms with Gasteiger partial charge in [0.05, 0.1) is 6.04 Å². The van der Waals surface area contributed by atoms with Crippen molar-refractivity contribution < 1.29 is 4.79 Å². The molecule has 1 aromatic heterocycles. The summed E-state index contributed by atoms with van der Waals surface area (Å²) in [5.41, 5.74) is 0. The van der Waals surface area contributed by atoms with Crippen LogP contribution in [0.3, 0.4) is 0 Å². The highest BCUT2D eigenvalue weighted by molar-refractivity contribution is 7.10. The summed E-state index contributed by atoms with van der Waals surface area (Å²) in [5.74, 6) is 0.789. The first-order valence-corrected chi connectivity index (χ1v) is 7.11. The van der Waals surface area contributed by atoms with Gasteiger partial charge in [0.15, 0.2) is 0 Å². The molecule has 1 saturated heterocycles. The number of hydrogen-bond donors (Lipinski definition) is 1. The number of nitrogens with one attached hydrogen (secondary N) is 1. The Morgan fingerprint density at radius 2 is 2.29 bits per heavy atom. The summed E-state index contributed by atoms with van der Waals surface area (Å²) < 4.78 is 0. The maximum Gasteiger partial charge on any atom is 0.241 e. The monoisotopic (exact) mass is 252 g/mol. The molecule has 1 aliphatic rings. The van der Waals surface area contributed by atoms with E-state index in [1.54, 1.807) is 11.3 Å². The van der Waals surface area contributed by atoms with Crippen molar-refractivity contribution in [1.29, 1.82) is 0 Å². The number of likely N-dealkylation sites (N-methyl/N-ethyl adjacent to an activating group) is 1. The van der Waals surface area contributed by atoms with Crippen LogP contribution in [-0.4, -0.2) is 23.4 Å². The highest BCUT2D eigenvalue weighted by Crippen LogP contribution is 2.29. The molecule has 1 aromatic rings. The van der Waals surface area contributed by atoms with E-state index in [1.807, 2.05) is 17.9 Å². The average molecular weight is 252 g/mol.